The molecule has 15 heavy (non-hydrogen) atoms. The lowest BCUT2D eigenvalue weighted by molar-refractivity contribution is 0.0765. The maximum absolute atomic E-state index is 12.1. The van der Waals surface area contributed by atoms with Crippen LogP contribution in [0.5, 0.6) is 0 Å². The Labute approximate surface area is 88.8 Å². The number of aryl methyl sites for hydroxylation is 1. The molecule has 0 saturated carbocycles. The van der Waals surface area contributed by atoms with Crippen molar-refractivity contribution >= 4 is 5.91 Å². The van der Waals surface area contributed by atoms with Crippen LogP contribution in [0.1, 0.15) is 22.5 Å². The fraction of sp³-hybridized carbons (Fsp3) is 0.600. The minimum absolute atomic E-state index is 0.0879. The number of hydrogen-bond acceptors (Lipinski definition) is 3. The zero-order chi connectivity index (χ0) is 10.7. The number of aromatic amines is 1. The molecule has 1 aromatic rings. The standard InChI is InChI=1S/C10H16N4O/c1-8-9(7-12-13-8)10(15)14-5-2-3-11-4-6-14/h7,11H,2-6H2,1H3,(H,12,13). The second-order valence-corrected chi connectivity index (χ2v) is 3.80. The number of aromatic nitrogens is 2. The summed E-state index contributed by atoms with van der Waals surface area (Å²) in [6.45, 7) is 5.35. The van der Waals surface area contributed by atoms with Crippen molar-refractivity contribution in [3.63, 3.8) is 0 Å². The van der Waals surface area contributed by atoms with Gasteiger partial charge in [0.25, 0.3) is 5.91 Å². The molecule has 0 spiro atoms. The van der Waals surface area contributed by atoms with E-state index in [1.165, 1.54) is 0 Å². The average Bonchev–Trinajstić information content (AvgIpc) is 2.53. The topological polar surface area (TPSA) is 61.0 Å². The van der Waals surface area contributed by atoms with E-state index in [2.05, 4.69) is 15.5 Å². The van der Waals surface area contributed by atoms with E-state index in [0.29, 0.717) is 5.56 Å². The minimum atomic E-state index is 0.0879. The van der Waals surface area contributed by atoms with Crippen molar-refractivity contribution in [2.45, 2.75) is 13.3 Å². The molecule has 1 amide bonds. The number of hydrogen-bond donors (Lipinski definition) is 2. The molecule has 1 aromatic heterocycles. The van der Waals surface area contributed by atoms with Gasteiger partial charge < -0.3 is 10.2 Å². The Hall–Kier alpha value is -1.36. The third-order valence-electron chi connectivity index (χ3n) is 2.69. The summed E-state index contributed by atoms with van der Waals surface area (Å²) >= 11 is 0. The summed E-state index contributed by atoms with van der Waals surface area (Å²) < 4.78 is 0. The second kappa shape index (κ2) is 4.44. The predicted octanol–water partition coefficient (Wildman–Crippen LogP) is 0.154. The summed E-state index contributed by atoms with van der Waals surface area (Å²) in [5.41, 5.74) is 1.54. The largest absolute Gasteiger partial charge is 0.337 e. The van der Waals surface area contributed by atoms with E-state index in [4.69, 9.17) is 0 Å². The number of amides is 1. The van der Waals surface area contributed by atoms with Crippen LogP contribution in [-0.2, 0) is 0 Å². The van der Waals surface area contributed by atoms with Gasteiger partial charge in [-0.25, -0.2) is 0 Å². The van der Waals surface area contributed by atoms with Crippen molar-refractivity contribution in [1.82, 2.24) is 20.4 Å². The molecule has 0 radical (unpaired) electrons. The normalized spacial score (nSPS) is 17.5. The summed E-state index contributed by atoms with van der Waals surface area (Å²) in [6.07, 6.45) is 2.62. The molecule has 2 N–H and O–H groups in total. The Kier molecular flexibility index (Phi) is 3.01. The Morgan fingerprint density at radius 1 is 1.47 bits per heavy atom. The van der Waals surface area contributed by atoms with E-state index in [0.717, 1.165) is 38.3 Å². The van der Waals surface area contributed by atoms with Crippen LogP contribution < -0.4 is 5.32 Å². The van der Waals surface area contributed by atoms with Gasteiger partial charge in [-0.15, -0.1) is 0 Å². The molecule has 0 unspecified atom stereocenters. The van der Waals surface area contributed by atoms with Crippen molar-refractivity contribution in [2.24, 2.45) is 0 Å². The molecule has 1 fully saturated rings. The molecule has 2 heterocycles. The maximum Gasteiger partial charge on any atom is 0.257 e. The number of rotatable bonds is 1. The van der Waals surface area contributed by atoms with Gasteiger partial charge in [0.1, 0.15) is 0 Å². The number of nitrogens with zero attached hydrogens (tertiary/aromatic N) is 2. The molecule has 2 rings (SSSR count). The van der Waals surface area contributed by atoms with Gasteiger partial charge in [-0.2, -0.15) is 5.10 Å². The van der Waals surface area contributed by atoms with E-state index < -0.39 is 0 Å². The summed E-state index contributed by atoms with van der Waals surface area (Å²) in [5, 5.41) is 9.94. The first-order chi connectivity index (χ1) is 7.29. The summed E-state index contributed by atoms with van der Waals surface area (Å²) in [7, 11) is 0. The molecule has 0 aromatic carbocycles. The van der Waals surface area contributed by atoms with Gasteiger partial charge in [-0.3, -0.25) is 9.89 Å². The van der Waals surface area contributed by atoms with Gasteiger partial charge in [0.05, 0.1) is 11.8 Å². The zero-order valence-corrected chi connectivity index (χ0v) is 8.92. The predicted molar refractivity (Wildman–Crippen MR) is 56.7 cm³/mol. The van der Waals surface area contributed by atoms with Gasteiger partial charge in [0, 0.05) is 25.3 Å². The number of nitrogens with one attached hydrogen (secondary N) is 2. The quantitative estimate of drug-likeness (QED) is 0.691. The molecule has 5 nitrogen and oxygen atoms in total. The lowest BCUT2D eigenvalue weighted by Crippen LogP contribution is -2.34. The van der Waals surface area contributed by atoms with E-state index in [-0.39, 0.29) is 5.91 Å². The van der Waals surface area contributed by atoms with Crippen molar-refractivity contribution < 1.29 is 4.79 Å². The van der Waals surface area contributed by atoms with Crippen LogP contribution in [0.3, 0.4) is 0 Å². The lowest BCUT2D eigenvalue weighted by Gasteiger charge is -2.19. The molecule has 0 aliphatic carbocycles. The highest BCUT2D eigenvalue weighted by Gasteiger charge is 2.19. The van der Waals surface area contributed by atoms with Crippen LogP contribution in [0.25, 0.3) is 0 Å². The molecular weight excluding hydrogens is 192 g/mol. The Morgan fingerprint density at radius 3 is 3.07 bits per heavy atom. The van der Waals surface area contributed by atoms with E-state index in [1.54, 1.807) is 6.20 Å². The first-order valence-electron chi connectivity index (χ1n) is 5.29. The van der Waals surface area contributed by atoms with Gasteiger partial charge in [-0.05, 0) is 19.9 Å². The summed E-state index contributed by atoms with van der Waals surface area (Å²) in [6, 6.07) is 0. The Morgan fingerprint density at radius 2 is 2.33 bits per heavy atom. The van der Waals surface area contributed by atoms with Crippen LogP contribution in [0.4, 0.5) is 0 Å². The van der Waals surface area contributed by atoms with Crippen LogP contribution in [-0.4, -0.2) is 47.2 Å². The smallest absolute Gasteiger partial charge is 0.257 e. The van der Waals surface area contributed by atoms with Crippen LogP contribution in [0, 0.1) is 6.92 Å². The van der Waals surface area contributed by atoms with E-state index in [9.17, 15) is 4.79 Å². The highest BCUT2D eigenvalue weighted by atomic mass is 16.2. The van der Waals surface area contributed by atoms with Gasteiger partial charge >= 0.3 is 0 Å². The van der Waals surface area contributed by atoms with Crippen molar-refractivity contribution in [3.8, 4) is 0 Å². The van der Waals surface area contributed by atoms with Crippen molar-refractivity contribution in [3.05, 3.63) is 17.5 Å². The van der Waals surface area contributed by atoms with Crippen LogP contribution in [0.15, 0.2) is 6.20 Å². The van der Waals surface area contributed by atoms with Crippen molar-refractivity contribution in [1.29, 1.82) is 0 Å². The highest BCUT2D eigenvalue weighted by Crippen LogP contribution is 2.08. The summed E-state index contributed by atoms with van der Waals surface area (Å²) in [4.78, 5) is 14.0. The SMILES string of the molecule is Cc1[nH]ncc1C(=O)N1CCCNCC1. The molecule has 0 atom stereocenters. The molecular formula is C10H16N4O. The maximum atomic E-state index is 12.1. The first kappa shape index (κ1) is 10.2. The summed E-state index contributed by atoms with van der Waals surface area (Å²) in [5.74, 6) is 0.0879. The molecule has 0 bridgehead atoms. The average molecular weight is 208 g/mol. The minimum Gasteiger partial charge on any atom is -0.337 e. The number of carbonyl (C=O) groups excluding carboxylic acids is 1. The Balaban J connectivity index is 2.09. The monoisotopic (exact) mass is 208 g/mol. The second-order valence-electron chi connectivity index (χ2n) is 3.80. The lowest BCUT2D eigenvalue weighted by atomic mass is 10.2. The van der Waals surface area contributed by atoms with Crippen LogP contribution in [0.2, 0.25) is 0 Å². The highest BCUT2D eigenvalue weighted by molar-refractivity contribution is 5.95. The van der Waals surface area contributed by atoms with Crippen molar-refractivity contribution in [2.75, 3.05) is 26.2 Å². The number of carbonyl (C=O) groups is 1. The van der Waals surface area contributed by atoms with Gasteiger partial charge in [0.2, 0.25) is 0 Å². The van der Waals surface area contributed by atoms with E-state index in [1.807, 2.05) is 11.8 Å². The molecule has 82 valence electrons. The van der Waals surface area contributed by atoms with Crippen LogP contribution >= 0.6 is 0 Å². The third-order valence-corrected chi connectivity index (χ3v) is 2.69. The van der Waals surface area contributed by atoms with Gasteiger partial charge in [0.15, 0.2) is 0 Å². The van der Waals surface area contributed by atoms with E-state index >= 15 is 0 Å². The molecule has 1 aliphatic rings. The molecule has 5 heteroatoms. The first-order valence-corrected chi connectivity index (χ1v) is 5.29. The molecule has 1 saturated heterocycles. The zero-order valence-electron chi connectivity index (χ0n) is 8.92. The van der Waals surface area contributed by atoms with Gasteiger partial charge in [-0.1, -0.05) is 0 Å². The third kappa shape index (κ3) is 2.18. The fourth-order valence-corrected chi connectivity index (χ4v) is 1.79. The fourth-order valence-electron chi connectivity index (χ4n) is 1.79. The molecule has 1 aliphatic heterocycles. The Bertz CT molecular complexity index is 339. The number of H-pyrrole nitrogens is 1.